The highest BCUT2D eigenvalue weighted by Gasteiger charge is 2.14. The summed E-state index contributed by atoms with van der Waals surface area (Å²) in [5.74, 6) is 0.0654. The number of carbonyl (C=O) groups is 1. The quantitative estimate of drug-likeness (QED) is 0.791. The molecule has 0 aliphatic carbocycles. The number of hydrogen-bond donors (Lipinski definition) is 2. The topological polar surface area (TPSA) is 58.4 Å². The van der Waals surface area contributed by atoms with Gasteiger partial charge in [0.2, 0.25) is 5.91 Å². The summed E-state index contributed by atoms with van der Waals surface area (Å²) in [6.45, 7) is 3.39. The molecule has 3 N–H and O–H groups in total. The van der Waals surface area contributed by atoms with Gasteiger partial charge in [0, 0.05) is 18.2 Å². The van der Waals surface area contributed by atoms with Gasteiger partial charge >= 0.3 is 0 Å². The molecule has 19 heavy (non-hydrogen) atoms. The molecule has 0 spiro atoms. The summed E-state index contributed by atoms with van der Waals surface area (Å²) in [6.07, 6.45) is 1.71. The van der Waals surface area contributed by atoms with Crippen LogP contribution in [-0.4, -0.2) is 31.4 Å². The number of anilines is 1. The predicted molar refractivity (Wildman–Crippen MR) is 79.9 cm³/mol. The van der Waals surface area contributed by atoms with Gasteiger partial charge in [-0.05, 0) is 45.1 Å². The highest BCUT2D eigenvalue weighted by Crippen LogP contribution is 2.18. The van der Waals surface area contributed by atoms with Gasteiger partial charge in [-0.25, -0.2) is 0 Å². The second-order valence-corrected chi connectivity index (χ2v) is 5.22. The Morgan fingerprint density at radius 1 is 1.37 bits per heavy atom. The number of hydrogen-bond acceptors (Lipinski definition) is 3. The van der Waals surface area contributed by atoms with Gasteiger partial charge in [-0.1, -0.05) is 25.1 Å². The highest BCUT2D eigenvalue weighted by atomic mass is 16.1. The first-order chi connectivity index (χ1) is 9.04. The molecular weight excluding hydrogens is 238 g/mol. The van der Waals surface area contributed by atoms with Gasteiger partial charge in [0.1, 0.15) is 0 Å². The summed E-state index contributed by atoms with van der Waals surface area (Å²) in [6, 6.07) is 7.93. The molecule has 1 amide bonds. The molecule has 4 nitrogen and oxygen atoms in total. The molecule has 4 heteroatoms. The van der Waals surface area contributed by atoms with E-state index in [1.54, 1.807) is 0 Å². The molecule has 1 unspecified atom stereocenters. The molecule has 0 aromatic heterocycles. The van der Waals surface area contributed by atoms with Crippen molar-refractivity contribution in [3.05, 3.63) is 29.8 Å². The summed E-state index contributed by atoms with van der Waals surface area (Å²) in [5, 5.41) is 3.02. The Morgan fingerprint density at radius 3 is 2.68 bits per heavy atom. The summed E-state index contributed by atoms with van der Waals surface area (Å²) in [5.41, 5.74) is 7.51. The lowest BCUT2D eigenvalue weighted by Crippen LogP contribution is -2.22. The first-order valence-corrected chi connectivity index (χ1v) is 6.78. The van der Waals surface area contributed by atoms with Crippen molar-refractivity contribution in [2.24, 2.45) is 11.7 Å². The van der Waals surface area contributed by atoms with Crippen LogP contribution in [0.25, 0.3) is 0 Å². The summed E-state index contributed by atoms with van der Waals surface area (Å²) >= 11 is 0. The van der Waals surface area contributed by atoms with Gasteiger partial charge in [-0.3, -0.25) is 4.79 Å². The van der Waals surface area contributed by atoms with E-state index in [1.165, 1.54) is 0 Å². The number of nitrogens with one attached hydrogen (secondary N) is 1. The van der Waals surface area contributed by atoms with Crippen LogP contribution in [0.1, 0.15) is 25.3 Å². The number of amides is 1. The minimum Gasteiger partial charge on any atom is -0.330 e. The summed E-state index contributed by atoms with van der Waals surface area (Å²) < 4.78 is 0. The van der Waals surface area contributed by atoms with Gasteiger partial charge < -0.3 is 16.0 Å². The summed E-state index contributed by atoms with van der Waals surface area (Å²) in [4.78, 5) is 14.2. The molecule has 0 aliphatic rings. The van der Waals surface area contributed by atoms with Crippen molar-refractivity contribution in [2.45, 2.75) is 26.3 Å². The zero-order valence-corrected chi connectivity index (χ0v) is 12.1. The van der Waals surface area contributed by atoms with Crippen molar-refractivity contribution in [1.29, 1.82) is 0 Å². The van der Waals surface area contributed by atoms with E-state index in [1.807, 2.05) is 45.3 Å². The Balaban J connectivity index is 2.68. The molecule has 0 radical (unpaired) electrons. The van der Waals surface area contributed by atoms with Crippen LogP contribution in [0.5, 0.6) is 0 Å². The largest absolute Gasteiger partial charge is 0.330 e. The fourth-order valence-electron chi connectivity index (χ4n) is 1.93. The van der Waals surface area contributed by atoms with Gasteiger partial charge in [-0.2, -0.15) is 0 Å². The van der Waals surface area contributed by atoms with E-state index in [4.69, 9.17) is 5.73 Å². The Morgan fingerprint density at radius 2 is 2.05 bits per heavy atom. The fraction of sp³-hybridized carbons (Fsp3) is 0.533. The number of para-hydroxylation sites is 1. The second-order valence-electron chi connectivity index (χ2n) is 5.22. The lowest BCUT2D eigenvalue weighted by atomic mass is 10.0. The van der Waals surface area contributed by atoms with Crippen molar-refractivity contribution in [1.82, 2.24) is 4.90 Å². The van der Waals surface area contributed by atoms with Crippen LogP contribution in [0.15, 0.2) is 24.3 Å². The molecule has 0 aliphatic heterocycles. The maximum absolute atomic E-state index is 12.1. The molecule has 0 bridgehead atoms. The molecule has 0 saturated heterocycles. The van der Waals surface area contributed by atoms with Crippen molar-refractivity contribution in [2.75, 3.05) is 26.0 Å². The molecule has 0 heterocycles. The van der Waals surface area contributed by atoms with E-state index in [9.17, 15) is 4.79 Å². The first-order valence-electron chi connectivity index (χ1n) is 6.78. The SMILES string of the molecule is CC(CCCN)C(=O)Nc1ccccc1CN(C)C. The third-order valence-electron chi connectivity index (χ3n) is 3.05. The Bertz CT molecular complexity index is 404. The van der Waals surface area contributed by atoms with Crippen LogP contribution in [0.3, 0.4) is 0 Å². The van der Waals surface area contributed by atoms with Crippen molar-refractivity contribution < 1.29 is 4.79 Å². The van der Waals surface area contributed by atoms with E-state index in [2.05, 4.69) is 10.2 Å². The maximum atomic E-state index is 12.1. The third-order valence-corrected chi connectivity index (χ3v) is 3.05. The third kappa shape index (κ3) is 5.41. The Kier molecular flexibility index (Phi) is 6.53. The number of benzene rings is 1. The lowest BCUT2D eigenvalue weighted by molar-refractivity contribution is -0.119. The van der Waals surface area contributed by atoms with E-state index in [-0.39, 0.29) is 11.8 Å². The zero-order valence-electron chi connectivity index (χ0n) is 12.1. The molecule has 106 valence electrons. The molecule has 1 rings (SSSR count). The van der Waals surface area contributed by atoms with Gasteiger partial charge in [0.05, 0.1) is 0 Å². The van der Waals surface area contributed by atoms with E-state index < -0.39 is 0 Å². The van der Waals surface area contributed by atoms with Crippen molar-refractivity contribution in [3.8, 4) is 0 Å². The molecule has 0 fully saturated rings. The molecule has 1 atom stereocenters. The van der Waals surface area contributed by atoms with Crippen LogP contribution >= 0.6 is 0 Å². The zero-order chi connectivity index (χ0) is 14.3. The van der Waals surface area contributed by atoms with Crippen LogP contribution in [0.2, 0.25) is 0 Å². The smallest absolute Gasteiger partial charge is 0.227 e. The predicted octanol–water partition coefficient (Wildman–Crippen LogP) is 2.06. The Hall–Kier alpha value is -1.39. The van der Waals surface area contributed by atoms with Crippen LogP contribution in [0.4, 0.5) is 5.69 Å². The normalized spacial score (nSPS) is 12.5. The second kappa shape index (κ2) is 7.92. The maximum Gasteiger partial charge on any atom is 0.227 e. The number of carbonyl (C=O) groups excluding carboxylic acids is 1. The average Bonchev–Trinajstić information content (AvgIpc) is 2.37. The Labute approximate surface area is 116 Å². The minimum absolute atomic E-state index is 0.00374. The van der Waals surface area contributed by atoms with E-state index in [0.29, 0.717) is 6.54 Å². The van der Waals surface area contributed by atoms with Gasteiger partial charge in [-0.15, -0.1) is 0 Å². The van der Waals surface area contributed by atoms with Gasteiger partial charge in [0.15, 0.2) is 0 Å². The number of nitrogens with two attached hydrogens (primary N) is 1. The fourth-order valence-corrected chi connectivity index (χ4v) is 1.93. The van der Waals surface area contributed by atoms with Crippen LogP contribution in [-0.2, 0) is 11.3 Å². The summed E-state index contributed by atoms with van der Waals surface area (Å²) in [7, 11) is 4.03. The molecule has 0 saturated carbocycles. The monoisotopic (exact) mass is 263 g/mol. The molecule has 1 aromatic rings. The highest BCUT2D eigenvalue weighted by molar-refractivity contribution is 5.93. The van der Waals surface area contributed by atoms with Gasteiger partial charge in [0.25, 0.3) is 0 Å². The van der Waals surface area contributed by atoms with Crippen molar-refractivity contribution >= 4 is 11.6 Å². The first kappa shape index (κ1) is 15.7. The van der Waals surface area contributed by atoms with Crippen LogP contribution < -0.4 is 11.1 Å². The number of rotatable bonds is 7. The van der Waals surface area contributed by atoms with E-state index >= 15 is 0 Å². The number of nitrogens with zero attached hydrogens (tertiary/aromatic N) is 1. The molecular formula is C15H25N3O. The molecule has 1 aromatic carbocycles. The average molecular weight is 263 g/mol. The van der Waals surface area contributed by atoms with Crippen LogP contribution in [0, 0.1) is 5.92 Å². The standard InChI is InChI=1S/C15H25N3O/c1-12(7-6-10-16)15(19)17-14-9-5-4-8-13(14)11-18(2)3/h4-5,8-9,12H,6-7,10-11,16H2,1-3H3,(H,17,19). The van der Waals surface area contributed by atoms with E-state index in [0.717, 1.165) is 30.6 Å². The van der Waals surface area contributed by atoms with Crippen molar-refractivity contribution in [3.63, 3.8) is 0 Å². The minimum atomic E-state index is -0.00374. The lowest BCUT2D eigenvalue weighted by Gasteiger charge is -2.17.